The first-order chi connectivity index (χ1) is 13.0. The lowest BCUT2D eigenvalue weighted by Crippen LogP contribution is -2.50. The van der Waals surface area contributed by atoms with E-state index < -0.39 is 18.0 Å². The third kappa shape index (κ3) is 6.92. The third-order valence-electron chi connectivity index (χ3n) is 4.12. The van der Waals surface area contributed by atoms with Crippen LogP contribution in [0.15, 0.2) is 54.6 Å². The van der Waals surface area contributed by atoms with E-state index in [4.69, 9.17) is 11.6 Å². The highest BCUT2D eigenvalue weighted by atomic mass is 35.5. The summed E-state index contributed by atoms with van der Waals surface area (Å²) in [6, 6.07) is 14.9. The SMILES string of the molecule is O=C(O)C(Cc1ccc(Cl)cc1)NC(=O)N(CCO)CCc1ccccc1. The maximum Gasteiger partial charge on any atom is 0.326 e. The number of amides is 2. The van der Waals surface area contributed by atoms with Gasteiger partial charge in [0, 0.05) is 24.5 Å². The number of nitrogens with one attached hydrogen (secondary N) is 1. The Kier molecular flexibility index (Phi) is 8.10. The molecule has 0 aliphatic carbocycles. The van der Waals surface area contributed by atoms with Crippen LogP contribution in [-0.4, -0.2) is 52.9 Å². The average Bonchev–Trinajstić information content (AvgIpc) is 2.67. The molecule has 2 aromatic carbocycles. The van der Waals surface area contributed by atoms with Crippen LogP contribution in [0.1, 0.15) is 11.1 Å². The normalized spacial score (nSPS) is 11.6. The van der Waals surface area contributed by atoms with Crippen molar-refractivity contribution in [1.29, 1.82) is 0 Å². The van der Waals surface area contributed by atoms with Crippen LogP contribution in [-0.2, 0) is 17.6 Å². The fraction of sp³-hybridized carbons (Fsp3) is 0.300. The number of rotatable bonds is 9. The zero-order valence-corrected chi connectivity index (χ0v) is 15.6. The van der Waals surface area contributed by atoms with Gasteiger partial charge in [-0.15, -0.1) is 0 Å². The molecule has 0 aliphatic heterocycles. The molecule has 0 fully saturated rings. The summed E-state index contributed by atoms with van der Waals surface area (Å²) >= 11 is 5.84. The summed E-state index contributed by atoms with van der Waals surface area (Å²) in [5.74, 6) is -1.12. The number of aliphatic hydroxyl groups excluding tert-OH is 1. The van der Waals surface area contributed by atoms with E-state index >= 15 is 0 Å². The standard InChI is InChI=1S/C20H23ClN2O4/c21-17-8-6-16(7-9-17)14-18(19(25)26)22-20(27)23(12-13-24)11-10-15-4-2-1-3-5-15/h1-9,18,24H,10-14H2,(H,22,27)(H,25,26). The Hall–Kier alpha value is -2.57. The zero-order chi connectivity index (χ0) is 19.6. The molecular formula is C20H23ClN2O4. The highest BCUT2D eigenvalue weighted by Gasteiger charge is 2.23. The fourth-order valence-electron chi connectivity index (χ4n) is 2.64. The summed E-state index contributed by atoms with van der Waals surface area (Å²) in [7, 11) is 0. The number of aliphatic carboxylic acids is 1. The Bertz CT molecular complexity index is 737. The first-order valence-electron chi connectivity index (χ1n) is 8.67. The molecule has 2 amide bonds. The summed E-state index contributed by atoms with van der Waals surface area (Å²) in [4.78, 5) is 25.5. The summed E-state index contributed by atoms with van der Waals surface area (Å²) in [5.41, 5.74) is 1.81. The topological polar surface area (TPSA) is 89.9 Å². The van der Waals surface area contributed by atoms with Gasteiger partial charge in [0.2, 0.25) is 0 Å². The maximum atomic E-state index is 12.5. The molecule has 0 aliphatic rings. The van der Waals surface area contributed by atoms with Gasteiger partial charge in [-0.2, -0.15) is 0 Å². The largest absolute Gasteiger partial charge is 0.480 e. The lowest BCUT2D eigenvalue weighted by atomic mass is 10.1. The minimum atomic E-state index is -1.12. The molecular weight excluding hydrogens is 368 g/mol. The molecule has 27 heavy (non-hydrogen) atoms. The summed E-state index contributed by atoms with van der Waals surface area (Å²) < 4.78 is 0. The van der Waals surface area contributed by atoms with Crippen molar-refractivity contribution >= 4 is 23.6 Å². The molecule has 2 rings (SSSR count). The number of hydrogen-bond donors (Lipinski definition) is 3. The second-order valence-corrected chi connectivity index (χ2v) is 6.55. The number of carboxylic acid groups (broad SMARTS) is 1. The Morgan fingerprint density at radius 2 is 1.67 bits per heavy atom. The van der Waals surface area contributed by atoms with Gasteiger partial charge in [0.25, 0.3) is 0 Å². The predicted molar refractivity (Wildman–Crippen MR) is 104 cm³/mol. The number of aliphatic hydroxyl groups is 1. The van der Waals surface area contributed by atoms with Crippen molar-refractivity contribution in [3.63, 3.8) is 0 Å². The quantitative estimate of drug-likeness (QED) is 0.614. The number of halogens is 1. The molecule has 0 spiro atoms. The predicted octanol–water partition coefficient (Wildman–Crippen LogP) is 2.58. The number of nitrogens with zero attached hydrogens (tertiary/aromatic N) is 1. The fourth-order valence-corrected chi connectivity index (χ4v) is 2.77. The Balaban J connectivity index is 1.99. The van der Waals surface area contributed by atoms with Crippen LogP contribution in [0.3, 0.4) is 0 Å². The molecule has 0 saturated heterocycles. The molecule has 6 nitrogen and oxygen atoms in total. The van der Waals surface area contributed by atoms with E-state index in [9.17, 15) is 19.8 Å². The van der Waals surface area contributed by atoms with Gasteiger partial charge in [-0.3, -0.25) is 0 Å². The van der Waals surface area contributed by atoms with Crippen molar-refractivity contribution in [2.45, 2.75) is 18.9 Å². The van der Waals surface area contributed by atoms with Crippen molar-refractivity contribution in [2.75, 3.05) is 19.7 Å². The summed E-state index contributed by atoms with van der Waals surface area (Å²) in [6.45, 7) is 0.312. The van der Waals surface area contributed by atoms with Gasteiger partial charge in [-0.05, 0) is 29.7 Å². The first-order valence-corrected chi connectivity index (χ1v) is 9.05. The number of benzene rings is 2. The number of carbonyl (C=O) groups excluding carboxylic acids is 1. The molecule has 1 atom stereocenters. The molecule has 0 bridgehead atoms. The van der Waals surface area contributed by atoms with E-state index in [-0.39, 0.29) is 19.6 Å². The van der Waals surface area contributed by atoms with Crippen LogP contribution in [0.2, 0.25) is 5.02 Å². The second kappa shape index (κ2) is 10.5. The van der Waals surface area contributed by atoms with Gasteiger partial charge < -0.3 is 20.4 Å². The number of carboxylic acids is 1. The van der Waals surface area contributed by atoms with Crippen LogP contribution in [0.25, 0.3) is 0 Å². The lowest BCUT2D eigenvalue weighted by molar-refractivity contribution is -0.139. The Morgan fingerprint density at radius 1 is 1.00 bits per heavy atom. The van der Waals surface area contributed by atoms with E-state index in [1.807, 2.05) is 30.3 Å². The monoisotopic (exact) mass is 390 g/mol. The van der Waals surface area contributed by atoms with E-state index in [0.717, 1.165) is 11.1 Å². The number of hydrogen-bond acceptors (Lipinski definition) is 3. The highest BCUT2D eigenvalue weighted by Crippen LogP contribution is 2.11. The minimum Gasteiger partial charge on any atom is -0.480 e. The lowest BCUT2D eigenvalue weighted by Gasteiger charge is -2.24. The molecule has 7 heteroatoms. The van der Waals surface area contributed by atoms with Crippen molar-refractivity contribution in [3.8, 4) is 0 Å². The zero-order valence-electron chi connectivity index (χ0n) is 14.8. The van der Waals surface area contributed by atoms with Gasteiger partial charge in [0.05, 0.1) is 6.61 Å². The molecule has 0 heterocycles. The van der Waals surface area contributed by atoms with Crippen molar-refractivity contribution in [3.05, 3.63) is 70.7 Å². The smallest absolute Gasteiger partial charge is 0.326 e. The molecule has 144 valence electrons. The van der Waals surface area contributed by atoms with Crippen LogP contribution in [0.5, 0.6) is 0 Å². The van der Waals surface area contributed by atoms with Crippen LogP contribution in [0, 0.1) is 0 Å². The van der Waals surface area contributed by atoms with E-state index in [0.29, 0.717) is 18.0 Å². The number of carbonyl (C=O) groups is 2. The van der Waals surface area contributed by atoms with Gasteiger partial charge in [-0.25, -0.2) is 9.59 Å². The molecule has 3 N–H and O–H groups in total. The van der Waals surface area contributed by atoms with Crippen LogP contribution in [0.4, 0.5) is 4.79 Å². The van der Waals surface area contributed by atoms with E-state index in [1.165, 1.54) is 4.90 Å². The average molecular weight is 391 g/mol. The second-order valence-electron chi connectivity index (χ2n) is 6.12. The van der Waals surface area contributed by atoms with Gasteiger partial charge >= 0.3 is 12.0 Å². The number of urea groups is 1. The first kappa shape index (κ1) is 20.7. The molecule has 1 unspecified atom stereocenters. The Morgan fingerprint density at radius 3 is 2.26 bits per heavy atom. The molecule has 0 aromatic heterocycles. The van der Waals surface area contributed by atoms with Gasteiger partial charge in [0.1, 0.15) is 6.04 Å². The van der Waals surface area contributed by atoms with Crippen molar-refractivity contribution in [2.24, 2.45) is 0 Å². The van der Waals surface area contributed by atoms with Gasteiger partial charge in [0.15, 0.2) is 0 Å². The molecule has 0 radical (unpaired) electrons. The highest BCUT2D eigenvalue weighted by molar-refractivity contribution is 6.30. The third-order valence-corrected chi connectivity index (χ3v) is 4.37. The van der Waals surface area contributed by atoms with Gasteiger partial charge in [-0.1, -0.05) is 54.1 Å². The molecule has 0 saturated carbocycles. The Labute approximate surface area is 163 Å². The van der Waals surface area contributed by atoms with Crippen molar-refractivity contribution in [1.82, 2.24) is 10.2 Å². The van der Waals surface area contributed by atoms with E-state index in [2.05, 4.69) is 5.32 Å². The van der Waals surface area contributed by atoms with E-state index in [1.54, 1.807) is 24.3 Å². The van der Waals surface area contributed by atoms with Crippen LogP contribution < -0.4 is 5.32 Å². The summed E-state index contributed by atoms with van der Waals surface area (Å²) in [6.07, 6.45) is 0.757. The van der Waals surface area contributed by atoms with Crippen molar-refractivity contribution < 1.29 is 19.8 Å². The summed E-state index contributed by atoms with van der Waals surface area (Å²) in [5, 5.41) is 21.8. The van der Waals surface area contributed by atoms with Crippen LogP contribution >= 0.6 is 11.6 Å². The minimum absolute atomic E-state index is 0.131. The maximum absolute atomic E-state index is 12.5. The molecule has 2 aromatic rings.